The number of hydrogen-bond acceptors (Lipinski definition) is 4. The maximum Gasteiger partial charge on any atom is 0.338 e. The lowest BCUT2D eigenvalue weighted by Gasteiger charge is -2.13. The van der Waals surface area contributed by atoms with Gasteiger partial charge in [0.1, 0.15) is 17.5 Å². The number of carbonyl (C=O) groups is 1. The molecule has 0 amide bonds. The van der Waals surface area contributed by atoms with Crippen LogP contribution in [0.25, 0.3) is 102 Å². The Kier molecular flexibility index (Phi) is 9.06. The zero-order valence-corrected chi connectivity index (χ0v) is 32.1. The summed E-state index contributed by atoms with van der Waals surface area (Å²) in [6.45, 7) is 1.99. The van der Waals surface area contributed by atoms with Gasteiger partial charge in [-0.1, -0.05) is 66.7 Å². The largest absolute Gasteiger partial charge is 0.462 e. The number of nitrogens with zero attached hydrogens (tertiary/aromatic N) is 2. The molecule has 6 nitrogen and oxygen atoms in total. The average molecular weight is 791 g/mol. The van der Waals surface area contributed by atoms with Crippen LogP contribution >= 0.6 is 0 Å². The molecule has 0 atom stereocenters. The molecule has 5 heterocycles. The number of aromatic nitrogens is 4. The van der Waals surface area contributed by atoms with Gasteiger partial charge in [-0.2, -0.15) is 0 Å². The third kappa shape index (κ3) is 6.46. The second-order valence-corrected chi connectivity index (χ2v) is 14.5. The summed E-state index contributed by atoms with van der Waals surface area (Å²) in [5.41, 5.74) is 11.5. The van der Waals surface area contributed by atoms with Crippen LogP contribution in [0.4, 0.5) is 13.2 Å². The fourth-order valence-corrected chi connectivity index (χ4v) is 8.18. The molecular weight excluding hydrogens is 758 g/mol. The summed E-state index contributed by atoms with van der Waals surface area (Å²) in [6.07, 6.45) is 7.70. The Bertz CT molecular complexity index is 3210. The fraction of sp³-hybridized carbons (Fsp3) is 0.0392. The molecule has 60 heavy (non-hydrogen) atoms. The van der Waals surface area contributed by atoms with Gasteiger partial charge in [0, 0.05) is 49.7 Å². The first-order chi connectivity index (χ1) is 29.3. The van der Waals surface area contributed by atoms with E-state index in [1.165, 1.54) is 36.4 Å². The van der Waals surface area contributed by atoms with Gasteiger partial charge >= 0.3 is 5.97 Å². The number of nitrogens with one attached hydrogen (secondary N) is 2. The Balaban J connectivity index is 1.39. The molecule has 0 spiro atoms. The number of halogens is 3. The van der Waals surface area contributed by atoms with Gasteiger partial charge in [-0.3, -0.25) is 0 Å². The summed E-state index contributed by atoms with van der Waals surface area (Å²) in [4.78, 5) is 31.3. The molecule has 8 aromatic rings. The first-order valence-corrected chi connectivity index (χ1v) is 19.5. The molecule has 2 aliphatic rings. The standard InChI is InChI=1S/C51H33F3N4O2/c1-2-60-51(59)37-8-4-6-29-5-3-7-36(46(29)37)50-44-27-25-42(57-44)48(31-11-17-34(53)18-12-31)40-23-21-38(55-40)47(30-9-15-33(52)16-10-30)39-22-24-41(56-39)49(43-26-28-45(50)58-43)32-13-19-35(54)20-14-32/h3-28,55,58H,2H2,1H3. The molecule has 8 bridgehead atoms. The number of benzene rings is 5. The molecule has 0 saturated heterocycles. The molecule has 0 aliphatic carbocycles. The average Bonchev–Trinajstić information content (AvgIpc) is 4.11. The number of aromatic amines is 2. The summed E-state index contributed by atoms with van der Waals surface area (Å²) in [7, 11) is 0. The Morgan fingerprint density at radius 3 is 1.30 bits per heavy atom. The van der Waals surface area contributed by atoms with Gasteiger partial charge in [-0.15, -0.1) is 0 Å². The molecule has 10 rings (SSSR count). The molecule has 2 aliphatic heterocycles. The van der Waals surface area contributed by atoms with E-state index < -0.39 is 5.97 Å². The van der Waals surface area contributed by atoms with Crippen molar-refractivity contribution in [2.45, 2.75) is 6.92 Å². The minimum atomic E-state index is -0.441. The van der Waals surface area contributed by atoms with Gasteiger partial charge in [-0.05, 0) is 126 Å². The first-order valence-electron chi connectivity index (χ1n) is 19.5. The van der Waals surface area contributed by atoms with E-state index in [9.17, 15) is 18.0 Å². The van der Waals surface area contributed by atoms with Crippen molar-refractivity contribution in [2.24, 2.45) is 0 Å². The van der Waals surface area contributed by atoms with Crippen LogP contribution in [0.5, 0.6) is 0 Å². The third-order valence-electron chi connectivity index (χ3n) is 10.8. The van der Waals surface area contributed by atoms with E-state index in [0.29, 0.717) is 61.4 Å². The number of H-pyrrole nitrogens is 2. The molecule has 2 N–H and O–H groups in total. The van der Waals surface area contributed by atoms with E-state index in [0.717, 1.165) is 44.3 Å². The molecule has 0 radical (unpaired) electrons. The normalized spacial score (nSPS) is 12.0. The van der Waals surface area contributed by atoms with E-state index >= 15 is 0 Å². The van der Waals surface area contributed by atoms with E-state index in [1.54, 1.807) is 49.4 Å². The van der Waals surface area contributed by atoms with Crippen molar-refractivity contribution in [2.75, 3.05) is 6.61 Å². The zero-order chi connectivity index (χ0) is 40.9. The minimum Gasteiger partial charge on any atom is -0.462 e. The van der Waals surface area contributed by atoms with Crippen LogP contribution in [0, 0.1) is 17.5 Å². The van der Waals surface area contributed by atoms with E-state index in [4.69, 9.17) is 14.7 Å². The van der Waals surface area contributed by atoms with Crippen LogP contribution in [0.3, 0.4) is 0 Å². The number of hydrogen-bond donors (Lipinski definition) is 2. The van der Waals surface area contributed by atoms with Crippen molar-refractivity contribution in [3.05, 3.63) is 179 Å². The molecule has 3 aromatic heterocycles. The molecule has 0 saturated carbocycles. The van der Waals surface area contributed by atoms with Crippen molar-refractivity contribution in [1.82, 2.24) is 19.9 Å². The third-order valence-corrected chi connectivity index (χ3v) is 10.8. The molecule has 5 aromatic carbocycles. The number of esters is 1. The minimum absolute atomic E-state index is 0.215. The molecule has 290 valence electrons. The van der Waals surface area contributed by atoms with Crippen LogP contribution in [0.1, 0.15) is 40.1 Å². The highest BCUT2D eigenvalue weighted by Crippen LogP contribution is 2.41. The van der Waals surface area contributed by atoms with Crippen LogP contribution in [0.2, 0.25) is 0 Å². The number of fused-ring (bicyclic) bond motifs is 9. The van der Waals surface area contributed by atoms with Gasteiger partial charge in [0.25, 0.3) is 0 Å². The highest BCUT2D eigenvalue weighted by molar-refractivity contribution is 6.13. The Hall–Kier alpha value is -7.78. The van der Waals surface area contributed by atoms with Crippen molar-refractivity contribution in [3.63, 3.8) is 0 Å². The summed E-state index contributed by atoms with van der Waals surface area (Å²) >= 11 is 0. The predicted molar refractivity (Wildman–Crippen MR) is 234 cm³/mol. The predicted octanol–water partition coefficient (Wildman–Crippen LogP) is 13.1. The van der Waals surface area contributed by atoms with E-state index in [2.05, 4.69) is 9.97 Å². The van der Waals surface area contributed by atoms with Crippen molar-refractivity contribution >= 4 is 63.1 Å². The Labute approximate surface area is 342 Å². The Morgan fingerprint density at radius 1 is 0.500 bits per heavy atom. The summed E-state index contributed by atoms with van der Waals surface area (Å²) in [5.74, 6) is -1.55. The second-order valence-electron chi connectivity index (χ2n) is 14.5. The van der Waals surface area contributed by atoms with E-state index in [1.807, 2.05) is 78.9 Å². The van der Waals surface area contributed by atoms with Gasteiger partial charge in [-0.25, -0.2) is 27.9 Å². The zero-order valence-electron chi connectivity index (χ0n) is 32.1. The molecular formula is C51H33F3N4O2. The monoisotopic (exact) mass is 790 g/mol. The molecule has 0 fully saturated rings. The van der Waals surface area contributed by atoms with Crippen molar-refractivity contribution in [3.8, 4) is 44.5 Å². The number of rotatable bonds is 6. The SMILES string of the molecule is CCOC(=O)c1cccc2cccc(-c3c4nc(c(-c5ccc(F)cc5)c5ccc([nH]5)c(-c5ccc(F)cc5)c5nc(c(-c6ccc(F)cc6)c6ccc3[nH]6)C=C5)C=C4)c12. The lowest BCUT2D eigenvalue weighted by molar-refractivity contribution is 0.0528. The van der Waals surface area contributed by atoms with Crippen molar-refractivity contribution < 1.29 is 22.7 Å². The summed E-state index contributed by atoms with van der Waals surface area (Å²) < 4.78 is 48.7. The quantitative estimate of drug-likeness (QED) is 0.164. The van der Waals surface area contributed by atoms with Crippen LogP contribution < -0.4 is 0 Å². The highest BCUT2D eigenvalue weighted by atomic mass is 19.1. The topological polar surface area (TPSA) is 83.7 Å². The smallest absolute Gasteiger partial charge is 0.338 e. The van der Waals surface area contributed by atoms with Crippen LogP contribution in [-0.4, -0.2) is 32.5 Å². The second kappa shape index (κ2) is 14.9. The maximum absolute atomic E-state index is 14.4. The van der Waals surface area contributed by atoms with E-state index in [-0.39, 0.29) is 24.1 Å². The maximum atomic E-state index is 14.4. The fourth-order valence-electron chi connectivity index (χ4n) is 8.18. The summed E-state index contributed by atoms with van der Waals surface area (Å²) in [5, 5.41) is 1.54. The number of carbonyl (C=O) groups excluding carboxylic acids is 1. The molecule has 0 unspecified atom stereocenters. The molecule has 9 heteroatoms. The first kappa shape index (κ1) is 36.6. The van der Waals surface area contributed by atoms with Crippen LogP contribution in [0.15, 0.2) is 133 Å². The van der Waals surface area contributed by atoms with Gasteiger partial charge < -0.3 is 14.7 Å². The van der Waals surface area contributed by atoms with Crippen molar-refractivity contribution in [1.29, 1.82) is 0 Å². The Morgan fingerprint density at radius 2 is 0.883 bits per heavy atom. The summed E-state index contributed by atoms with van der Waals surface area (Å²) in [6, 6.07) is 38.1. The highest BCUT2D eigenvalue weighted by Gasteiger charge is 2.22. The lowest BCUT2D eigenvalue weighted by Crippen LogP contribution is -2.06. The number of ether oxygens (including phenoxy) is 1. The van der Waals surface area contributed by atoms with Gasteiger partial charge in [0.2, 0.25) is 0 Å². The lowest BCUT2D eigenvalue weighted by atomic mass is 9.93. The van der Waals surface area contributed by atoms with Gasteiger partial charge in [0.05, 0.1) is 34.9 Å². The van der Waals surface area contributed by atoms with Crippen LogP contribution in [-0.2, 0) is 4.74 Å². The van der Waals surface area contributed by atoms with Gasteiger partial charge in [0.15, 0.2) is 0 Å².